The van der Waals surface area contributed by atoms with Crippen molar-refractivity contribution in [2.45, 2.75) is 32.2 Å². The largest absolute Gasteiger partial charge is 0.326 e. The first-order chi connectivity index (χ1) is 15.5. The van der Waals surface area contributed by atoms with Crippen LogP contribution >= 0.6 is 0 Å². The van der Waals surface area contributed by atoms with E-state index in [0.717, 1.165) is 31.5 Å². The Morgan fingerprint density at radius 2 is 1.62 bits per heavy atom. The predicted molar refractivity (Wildman–Crippen MR) is 117 cm³/mol. The highest BCUT2D eigenvalue weighted by Gasteiger charge is 2.29. The predicted octanol–water partition coefficient (Wildman–Crippen LogP) is 1.77. The van der Waals surface area contributed by atoms with E-state index in [2.05, 4.69) is 21.2 Å². The van der Waals surface area contributed by atoms with Crippen LogP contribution < -0.4 is 21.7 Å². The second-order valence-corrected chi connectivity index (χ2v) is 8.07. The summed E-state index contributed by atoms with van der Waals surface area (Å²) in [5.74, 6) is -0.195. The molecule has 1 fully saturated rings. The number of hydrazine groups is 1. The Kier molecular flexibility index (Phi) is 4.93. The Balaban J connectivity index is 1.23. The standard InChI is InChI=1S/C23H21N5O4/c29-20(13-3-4-13)24-16-8-5-14(6-9-16)21(30)26-27-22(31)15-7-10-17-18(12-15)25-19-2-1-11-28(19)23(17)32/h5-10,12-13H,1-4,11H2,(H,24,29)(H,26,30)(H,27,31). The zero-order valence-electron chi connectivity index (χ0n) is 17.2. The number of carbonyl (C=O) groups is 3. The number of nitrogens with zero attached hydrogens (tertiary/aromatic N) is 2. The maximum Gasteiger partial charge on any atom is 0.269 e. The Morgan fingerprint density at radius 1 is 0.938 bits per heavy atom. The van der Waals surface area contributed by atoms with E-state index in [1.54, 1.807) is 41.0 Å². The van der Waals surface area contributed by atoms with Crippen LogP contribution in [0.2, 0.25) is 0 Å². The molecule has 1 aliphatic carbocycles. The molecule has 0 radical (unpaired) electrons. The van der Waals surface area contributed by atoms with Gasteiger partial charge in [-0.15, -0.1) is 0 Å². The number of hydrogen-bond acceptors (Lipinski definition) is 5. The lowest BCUT2D eigenvalue weighted by atomic mass is 10.1. The molecule has 3 N–H and O–H groups in total. The van der Waals surface area contributed by atoms with Crippen molar-refractivity contribution in [3.05, 3.63) is 69.8 Å². The van der Waals surface area contributed by atoms with Crippen LogP contribution in [0.3, 0.4) is 0 Å². The summed E-state index contributed by atoms with van der Waals surface area (Å²) in [5, 5.41) is 3.27. The van der Waals surface area contributed by atoms with E-state index in [1.165, 1.54) is 6.07 Å². The van der Waals surface area contributed by atoms with Crippen LogP contribution in [0, 0.1) is 5.92 Å². The number of hydrogen-bond donors (Lipinski definition) is 3. The van der Waals surface area contributed by atoms with Crippen molar-refractivity contribution >= 4 is 34.3 Å². The summed E-state index contributed by atoms with van der Waals surface area (Å²) in [4.78, 5) is 53.7. The van der Waals surface area contributed by atoms with E-state index in [0.29, 0.717) is 28.7 Å². The molecule has 9 nitrogen and oxygen atoms in total. The van der Waals surface area contributed by atoms with Gasteiger partial charge < -0.3 is 5.32 Å². The van der Waals surface area contributed by atoms with Gasteiger partial charge in [0.15, 0.2) is 0 Å². The molecule has 9 heteroatoms. The molecule has 2 heterocycles. The minimum absolute atomic E-state index is 0.00742. The summed E-state index contributed by atoms with van der Waals surface area (Å²) in [6.45, 7) is 0.666. The average molecular weight is 431 g/mol. The van der Waals surface area contributed by atoms with Crippen LogP contribution in [0.1, 0.15) is 45.8 Å². The highest BCUT2D eigenvalue weighted by atomic mass is 16.2. The molecular weight excluding hydrogens is 410 g/mol. The maximum absolute atomic E-state index is 12.5. The minimum Gasteiger partial charge on any atom is -0.326 e. The molecule has 32 heavy (non-hydrogen) atoms. The van der Waals surface area contributed by atoms with E-state index in [4.69, 9.17) is 0 Å². The molecular formula is C23H21N5O4. The highest BCUT2D eigenvalue weighted by Crippen LogP contribution is 2.30. The molecule has 1 aliphatic heterocycles. The van der Waals surface area contributed by atoms with Crippen molar-refractivity contribution in [1.29, 1.82) is 0 Å². The van der Waals surface area contributed by atoms with Crippen LogP contribution in [-0.4, -0.2) is 27.3 Å². The molecule has 3 aromatic rings. The topological polar surface area (TPSA) is 122 Å². The van der Waals surface area contributed by atoms with Gasteiger partial charge >= 0.3 is 0 Å². The molecule has 2 aromatic carbocycles. The molecule has 5 rings (SSSR count). The van der Waals surface area contributed by atoms with Crippen molar-refractivity contribution in [2.24, 2.45) is 5.92 Å². The number of nitrogens with one attached hydrogen (secondary N) is 3. The molecule has 0 spiro atoms. The Labute approximate surface area is 182 Å². The SMILES string of the molecule is O=C(NNC(=O)c1ccc2c(=O)n3c(nc2c1)CCC3)c1ccc(NC(=O)C2CC2)cc1. The number of carbonyl (C=O) groups excluding carboxylic acids is 3. The second kappa shape index (κ2) is 7.92. The molecule has 3 amide bonds. The molecule has 0 bridgehead atoms. The number of amides is 3. The lowest BCUT2D eigenvalue weighted by molar-refractivity contribution is -0.117. The van der Waals surface area contributed by atoms with Crippen LogP contribution in [0.5, 0.6) is 0 Å². The molecule has 1 aromatic heterocycles. The van der Waals surface area contributed by atoms with E-state index in [-0.39, 0.29) is 22.9 Å². The number of anilines is 1. The second-order valence-electron chi connectivity index (χ2n) is 8.07. The first-order valence-electron chi connectivity index (χ1n) is 10.5. The fourth-order valence-electron chi connectivity index (χ4n) is 3.78. The van der Waals surface area contributed by atoms with Crippen LogP contribution in [0.25, 0.3) is 10.9 Å². The number of benzene rings is 2. The monoisotopic (exact) mass is 431 g/mol. The van der Waals surface area contributed by atoms with Crippen LogP contribution in [-0.2, 0) is 17.8 Å². The summed E-state index contributed by atoms with van der Waals surface area (Å²) in [6, 6.07) is 11.1. The van der Waals surface area contributed by atoms with Crippen LogP contribution in [0.4, 0.5) is 5.69 Å². The van der Waals surface area contributed by atoms with E-state index >= 15 is 0 Å². The van der Waals surface area contributed by atoms with Crippen molar-refractivity contribution < 1.29 is 14.4 Å². The smallest absolute Gasteiger partial charge is 0.269 e. The van der Waals surface area contributed by atoms with Gasteiger partial charge in [0.05, 0.1) is 10.9 Å². The fraction of sp³-hybridized carbons (Fsp3) is 0.261. The normalized spacial score (nSPS) is 14.6. The summed E-state index contributed by atoms with van der Waals surface area (Å²) in [7, 11) is 0. The quantitative estimate of drug-likeness (QED) is 0.544. The van der Waals surface area contributed by atoms with Crippen molar-refractivity contribution in [2.75, 3.05) is 5.32 Å². The highest BCUT2D eigenvalue weighted by molar-refractivity contribution is 6.01. The third-order valence-corrected chi connectivity index (χ3v) is 5.73. The Bertz CT molecular complexity index is 1310. The van der Waals surface area contributed by atoms with Crippen molar-refractivity contribution in [1.82, 2.24) is 20.4 Å². The van der Waals surface area contributed by atoms with Crippen molar-refractivity contribution in [3.63, 3.8) is 0 Å². The maximum atomic E-state index is 12.5. The zero-order chi connectivity index (χ0) is 22.2. The molecule has 162 valence electrons. The molecule has 0 atom stereocenters. The van der Waals surface area contributed by atoms with Gasteiger partial charge in [-0.25, -0.2) is 4.98 Å². The Hall–Kier alpha value is -4.01. The number of aryl methyl sites for hydroxylation is 1. The molecule has 1 saturated carbocycles. The summed E-state index contributed by atoms with van der Waals surface area (Å²) < 4.78 is 1.67. The van der Waals surface area contributed by atoms with Gasteiger partial charge in [-0.2, -0.15) is 0 Å². The molecule has 2 aliphatic rings. The lowest BCUT2D eigenvalue weighted by Crippen LogP contribution is -2.41. The third-order valence-electron chi connectivity index (χ3n) is 5.73. The van der Waals surface area contributed by atoms with Gasteiger partial charge in [-0.3, -0.25) is 34.6 Å². The minimum atomic E-state index is -0.518. The van der Waals surface area contributed by atoms with Gasteiger partial charge in [0.2, 0.25) is 5.91 Å². The third kappa shape index (κ3) is 3.84. The Morgan fingerprint density at radius 3 is 2.34 bits per heavy atom. The van der Waals surface area contributed by atoms with Gasteiger partial charge in [-0.1, -0.05) is 0 Å². The summed E-state index contributed by atoms with van der Waals surface area (Å²) in [5.41, 5.74) is 6.35. The van der Waals surface area contributed by atoms with Gasteiger partial charge in [0.25, 0.3) is 17.4 Å². The number of aromatic nitrogens is 2. The number of fused-ring (bicyclic) bond motifs is 2. The molecule has 0 saturated heterocycles. The van der Waals surface area contributed by atoms with E-state index in [1.807, 2.05) is 0 Å². The first-order valence-corrected chi connectivity index (χ1v) is 10.5. The summed E-state index contributed by atoms with van der Waals surface area (Å²) >= 11 is 0. The van der Waals surface area contributed by atoms with Crippen LogP contribution in [0.15, 0.2) is 47.3 Å². The van der Waals surface area contributed by atoms with Gasteiger partial charge in [-0.05, 0) is 61.7 Å². The van der Waals surface area contributed by atoms with E-state index < -0.39 is 11.8 Å². The van der Waals surface area contributed by atoms with Gasteiger partial charge in [0, 0.05) is 35.7 Å². The van der Waals surface area contributed by atoms with Gasteiger partial charge in [0.1, 0.15) is 5.82 Å². The molecule has 0 unspecified atom stereocenters. The number of rotatable bonds is 4. The van der Waals surface area contributed by atoms with E-state index in [9.17, 15) is 19.2 Å². The van der Waals surface area contributed by atoms with Crippen molar-refractivity contribution in [3.8, 4) is 0 Å². The first kappa shape index (κ1) is 19.9. The lowest BCUT2D eigenvalue weighted by Gasteiger charge is -2.10. The summed E-state index contributed by atoms with van der Waals surface area (Å²) in [6.07, 6.45) is 3.45. The zero-order valence-corrected chi connectivity index (χ0v) is 17.2. The fourth-order valence-corrected chi connectivity index (χ4v) is 3.78. The average Bonchev–Trinajstić information content (AvgIpc) is 3.55.